The van der Waals surface area contributed by atoms with Crippen LogP contribution in [0.25, 0.3) is 0 Å². The summed E-state index contributed by atoms with van der Waals surface area (Å²) in [6, 6.07) is 6.91. The van der Waals surface area contributed by atoms with Gasteiger partial charge in [-0.25, -0.2) is 4.98 Å². The van der Waals surface area contributed by atoms with Crippen LogP contribution in [-0.4, -0.2) is 46.2 Å². The van der Waals surface area contributed by atoms with E-state index >= 15 is 0 Å². The van der Waals surface area contributed by atoms with E-state index in [4.69, 9.17) is 11.6 Å². The Kier molecular flexibility index (Phi) is 4.31. The van der Waals surface area contributed by atoms with Crippen LogP contribution in [-0.2, 0) is 6.54 Å². The molecule has 0 bridgehead atoms. The van der Waals surface area contributed by atoms with Crippen LogP contribution < -0.4 is 10.5 Å². The van der Waals surface area contributed by atoms with E-state index in [0.717, 1.165) is 31.7 Å². The maximum atomic E-state index is 11.3. The third kappa shape index (κ3) is 3.23. The van der Waals surface area contributed by atoms with Gasteiger partial charge in [-0.3, -0.25) is 9.69 Å². The van der Waals surface area contributed by atoms with Gasteiger partial charge in [0, 0.05) is 44.4 Å². The molecule has 22 heavy (non-hydrogen) atoms. The summed E-state index contributed by atoms with van der Waals surface area (Å²) < 4.78 is 0. The third-order valence-corrected chi connectivity index (χ3v) is 4.13. The highest BCUT2D eigenvalue weighted by Gasteiger charge is 2.19. The number of benzene rings is 1. The number of H-pyrrole nitrogens is 1. The van der Waals surface area contributed by atoms with Crippen molar-refractivity contribution in [3.05, 3.63) is 51.5 Å². The molecule has 7 heteroatoms. The fourth-order valence-corrected chi connectivity index (χ4v) is 2.79. The molecule has 0 amide bonds. The summed E-state index contributed by atoms with van der Waals surface area (Å²) in [5, 5.41) is 10.4. The molecule has 1 aromatic carbocycles. The fourth-order valence-electron chi connectivity index (χ4n) is 2.59. The predicted molar refractivity (Wildman–Crippen MR) is 85.5 cm³/mol. The number of para-hydroxylation sites is 1. The van der Waals surface area contributed by atoms with E-state index < -0.39 is 0 Å². The Bertz CT molecular complexity index is 711. The minimum Gasteiger partial charge on any atom is -0.506 e. The van der Waals surface area contributed by atoms with Crippen molar-refractivity contribution in [2.45, 2.75) is 6.54 Å². The van der Waals surface area contributed by atoms with Crippen LogP contribution in [0.5, 0.6) is 5.75 Å². The number of hydrogen-bond donors (Lipinski definition) is 2. The van der Waals surface area contributed by atoms with Crippen molar-refractivity contribution in [3.8, 4) is 5.75 Å². The first-order chi connectivity index (χ1) is 10.6. The standard InChI is InChI=1S/C15H17ClN4O2/c16-12-3-1-2-11(15(12)22)9-19-4-6-20(7-5-19)13-8-14(21)18-10-17-13/h1-3,8,10,22H,4-7,9H2,(H,17,18,21). The predicted octanol–water partition coefficient (Wildman–Crippen LogP) is 1.45. The lowest BCUT2D eigenvalue weighted by Gasteiger charge is -2.35. The second-order valence-electron chi connectivity index (χ2n) is 5.28. The normalized spacial score (nSPS) is 16.0. The van der Waals surface area contributed by atoms with E-state index in [9.17, 15) is 9.90 Å². The van der Waals surface area contributed by atoms with Crippen molar-refractivity contribution in [2.24, 2.45) is 0 Å². The second-order valence-corrected chi connectivity index (χ2v) is 5.69. The molecule has 2 N–H and O–H groups in total. The molecule has 0 radical (unpaired) electrons. The quantitative estimate of drug-likeness (QED) is 0.895. The van der Waals surface area contributed by atoms with E-state index in [-0.39, 0.29) is 11.3 Å². The van der Waals surface area contributed by atoms with E-state index in [0.29, 0.717) is 17.4 Å². The summed E-state index contributed by atoms with van der Waals surface area (Å²) in [6.07, 6.45) is 1.42. The van der Waals surface area contributed by atoms with Gasteiger partial charge in [0.15, 0.2) is 0 Å². The Morgan fingerprint density at radius 3 is 2.77 bits per heavy atom. The zero-order chi connectivity index (χ0) is 15.5. The van der Waals surface area contributed by atoms with Crippen molar-refractivity contribution < 1.29 is 5.11 Å². The molecule has 0 aliphatic carbocycles. The van der Waals surface area contributed by atoms with E-state index in [1.165, 1.54) is 12.4 Å². The van der Waals surface area contributed by atoms with Gasteiger partial charge < -0.3 is 15.0 Å². The number of hydrogen-bond acceptors (Lipinski definition) is 5. The van der Waals surface area contributed by atoms with Crippen LogP contribution >= 0.6 is 11.6 Å². The molecule has 3 rings (SSSR count). The monoisotopic (exact) mass is 320 g/mol. The summed E-state index contributed by atoms with van der Waals surface area (Å²) in [5.41, 5.74) is 0.687. The molecule has 2 aromatic rings. The first-order valence-corrected chi connectivity index (χ1v) is 7.49. The topological polar surface area (TPSA) is 72.5 Å². The molecule has 116 valence electrons. The SMILES string of the molecule is O=c1cc(N2CCN(Cc3cccc(Cl)c3O)CC2)nc[nH]1. The second kappa shape index (κ2) is 6.37. The lowest BCUT2D eigenvalue weighted by Crippen LogP contribution is -2.46. The van der Waals surface area contributed by atoms with Crippen LogP contribution in [0.15, 0.2) is 35.4 Å². The number of anilines is 1. The van der Waals surface area contributed by atoms with Crippen molar-refractivity contribution in [2.75, 3.05) is 31.1 Å². The number of aromatic hydroxyl groups is 1. The summed E-state index contributed by atoms with van der Waals surface area (Å²) in [7, 11) is 0. The van der Waals surface area contributed by atoms with Gasteiger partial charge in [0.2, 0.25) is 0 Å². The number of halogens is 1. The van der Waals surface area contributed by atoms with Crippen LogP contribution in [0.3, 0.4) is 0 Å². The van der Waals surface area contributed by atoms with Crippen molar-refractivity contribution in [3.63, 3.8) is 0 Å². The van der Waals surface area contributed by atoms with Crippen LogP contribution in [0.4, 0.5) is 5.82 Å². The summed E-state index contributed by atoms with van der Waals surface area (Å²) in [4.78, 5) is 22.4. The highest BCUT2D eigenvalue weighted by molar-refractivity contribution is 6.32. The Morgan fingerprint density at radius 1 is 1.27 bits per heavy atom. The van der Waals surface area contributed by atoms with Gasteiger partial charge in [-0.1, -0.05) is 23.7 Å². The first-order valence-electron chi connectivity index (χ1n) is 7.12. The summed E-state index contributed by atoms with van der Waals surface area (Å²) in [5.74, 6) is 0.858. The number of phenolic OH excluding ortho intramolecular Hbond substituents is 1. The van der Waals surface area contributed by atoms with Crippen LogP contribution in [0.1, 0.15) is 5.56 Å². The van der Waals surface area contributed by atoms with Crippen molar-refractivity contribution in [1.82, 2.24) is 14.9 Å². The Balaban J connectivity index is 1.62. The maximum Gasteiger partial charge on any atom is 0.252 e. The molecule has 0 saturated carbocycles. The molecule has 0 unspecified atom stereocenters. The molecule has 2 heterocycles. The van der Waals surface area contributed by atoms with E-state index in [2.05, 4.69) is 19.8 Å². The van der Waals surface area contributed by atoms with E-state index in [1.807, 2.05) is 12.1 Å². The van der Waals surface area contributed by atoms with Crippen LogP contribution in [0, 0.1) is 0 Å². The lowest BCUT2D eigenvalue weighted by molar-refractivity contribution is 0.246. The minimum absolute atomic E-state index is 0.142. The van der Waals surface area contributed by atoms with Gasteiger partial charge in [-0.15, -0.1) is 0 Å². The number of nitrogens with one attached hydrogen (secondary N) is 1. The molecule has 0 spiro atoms. The maximum absolute atomic E-state index is 11.3. The van der Waals surface area contributed by atoms with Gasteiger partial charge in [-0.05, 0) is 6.07 Å². The molecule has 1 aromatic heterocycles. The van der Waals surface area contributed by atoms with Gasteiger partial charge in [0.05, 0.1) is 11.3 Å². The van der Waals surface area contributed by atoms with Crippen molar-refractivity contribution >= 4 is 17.4 Å². The Hall–Kier alpha value is -2.05. The number of nitrogens with zero attached hydrogens (tertiary/aromatic N) is 3. The molecule has 1 saturated heterocycles. The third-order valence-electron chi connectivity index (χ3n) is 3.82. The number of aromatic amines is 1. The number of aromatic nitrogens is 2. The number of phenols is 1. The molecule has 1 aliphatic rings. The van der Waals surface area contributed by atoms with Gasteiger partial charge in [-0.2, -0.15) is 0 Å². The van der Waals surface area contributed by atoms with Gasteiger partial charge in [0.25, 0.3) is 5.56 Å². The molecule has 6 nitrogen and oxygen atoms in total. The number of rotatable bonds is 3. The number of piperazine rings is 1. The molecular formula is C15H17ClN4O2. The van der Waals surface area contributed by atoms with Crippen LogP contribution in [0.2, 0.25) is 5.02 Å². The van der Waals surface area contributed by atoms with Gasteiger partial charge in [0.1, 0.15) is 11.6 Å². The smallest absolute Gasteiger partial charge is 0.252 e. The average molecular weight is 321 g/mol. The average Bonchev–Trinajstić information content (AvgIpc) is 2.53. The largest absolute Gasteiger partial charge is 0.506 e. The molecule has 0 atom stereocenters. The molecule has 1 aliphatic heterocycles. The highest BCUT2D eigenvalue weighted by atomic mass is 35.5. The minimum atomic E-state index is -0.142. The fraction of sp³-hybridized carbons (Fsp3) is 0.333. The Labute approximate surface area is 133 Å². The first kappa shape index (κ1) is 14.9. The van der Waals surface area contributed by atoms with Crippen molar-refractivity contribution in [1.29, 1.82) is 0 Å². The van der Waals surface area contributed by atoms with E-state index in [1.54, 1.807) is 6.07 Å². The molecule has 1 fully saturated rings. The lowest BCUT2D eigenvalue weighted by atomic mass is 10.1. The Morgan fingerprint density at radius 2 is 2.05 bits per heavy atom. The summed E-state index contributed by atoms with van der Waals surface area (Å²) >= 11 is 5.93. The zero-order valence-corrected chi connectivity index (χ0v) is 12.8. The summed E-state index contributed by atoms with van der Waals surface area (Å²) in [6.45, 7) is 3.90. The highest BCUT2D eigenvalue weighted by Crippen LogP contribution is 2.28. The molecular weight excluding hydrogens is 304 g/mol. The van der Waals surface area contributed by atoms with Gasteiger partial charge >= 0.3 is 0 Å². The zero-order valence-electron chi connectivity index (χ0n) is 12.0.